The first-order valence-electron chi connectivity index (χ1n) is 6.60. The summed E-state index contributed by atoms with van der Waals surface area (Å²) in [6, 6.07) is 7.69. The van der Waals surface area contributed by atoms with E-state index in [0.29, 0.717) is 0 Å². The predicted molar refractivity (Wildman–Crippen MR) is 74.4 cm³/mol. The summed E-state index contributed by atoms with van der Waals surface area (Å²) in [6.07, 6.45) is 0. The molecule has 0 unspecified atom stereocenters. The van der Waals surface area contributed by atoms with Crippen LogP contribution in [0.3, 0.4) is 0 Å². The van der Waals surface area contributed by atoms with Gasteiger partial charge in [-0.25, -0.2) is 4.39 Å². The number of hydrogen-bond acceptors (Lipinski definition) is 3. The molecule has 4 heteroatoms. The SMILES string of the molecule is Fc1cccc(CN2CC(N3CCSCC3)C2)c1. The van der Waals surface area contributed by atoms with E-state index in [-0.39, 0.29) is 5.82 Å². The Bertz CT molecular complexity index is 401. The molecule has 0 N–H and O–H groups in total. The molecule has 2 aliphatic heterocycles. The summed E-state index contributed by atoms with van der Waals surface area (Å²) >= 11 is 2.06. The van der Waals surface area contributed by atoms with Crippen molar-refractivity contribution in [3.63, 3.8) is 0 Å². The third-order valence-corrected chi connectivity index (χ3v) is 4.74. The quantitative estimate of drug-likeness (QED) is 0.827. The van der Waals surface area contributed by atoms with Crippen LogP contribution < -0.4 is 0 Å². The summed E-state index contributed by atoms with van der Waals surface area (Å²) in [4.78, 5) is 5.01. The Morgan fingerprint density at radius 1 is 1.22 bits per heavy atom. The van der Waals surface area contributed by atoms with Crippen molar-refractivity contribution in [2.24, 2.45) is 0 Å². The zero-order chi connectivity index (χ0) is 12.4. The minimum absolute atomic E-state index is 0.127. The van der Waals surface area contributed by atoms with Gasteiger partial charge in [-0.1, -0.05) is 12.1 Å². The van der Waals surface area contributed by atoms with Gasteiger partial charge in [0.25, 0.3) is 0 Å². The summed E-state index contributed by atoms with van der Waals surface area (Å²) in [5.41, 5.74) is 1.09. The van der Waals surface area contributed by atoms with E-state index in [0.717, 1.165) is 31.2 Å². The molecule has 98 valence electrons. The van der Waals surface area contributed by atoms with Crippen LogP contribution in [0.25, 0.3) is 0 Å². The smallest absolute Gasteiger partial charge is 0.123 e. The number of rotatable bonds is 3. The molecule has 2 saturated heterocycles. The molecule has 2 fully saturated rings. The van der Waals surface area contributed by atoms with Gasteiger partial charge in [-0.15, -0.1) is 0 Å². The second-order valence-corrected chi connectivity index (χ2v) is 6.35. The van der Waals surface area contributed by atoms with Crippen LogP contribution in [0.5, 0.6) is 0 Å². The number of benzene rings is 1. The molecule has 0 radical (unpaired) electrons. The molecular formula is C14H19FN2S. The zero-order valence-electron chi connectivity index (χ0n) is 10.5. The largest absolute Gasteiger partial charge is 0.296 e. The highest BCUT2D eigenvalue weighted by molar-refractivity contribution is 7.99. The Morgan fingerprint density at radius 3 is 2.72 bits per heavy atom. The Hall–Kier alpha value is -0.580. The van der Waals surface area contributed by atoms with Gasteiger partial charge in [-0.3, -0.25) is 9.80 Å². The van der Waals surface area contributed by atoms with Gasteiger partial charge < -0.3 is 0 Å². The van der Waals surface area contributed by atoms with E-state index in [2.05, 4.69) is 21.6 Å². The maximum atomic E-state index is 13.1. The molecule has 0 aliphatic carbocycles. The van der Waals surface area contributed by atoms with Crippen molar-refractivity contribution in [2.75, 3.05) is 37.7 Å². The number of hydrogen-bond donors (Lipinski definition) is 0. The van der Waals surface area contributed by atoms with Crippen LogP contribution in [0.1, 0.15) is 5.56 Å². The molecule has 0 spiro atoms. The Labute approximate surface area is 112 Å². The Morgan fingerprint density at radius 2 is 2.00 bits per heavy atom. The van der Waals surface area contributed by atoms with E-state index in [1.165, 1.54) is 30.7 Å². The summed E-state index contributed by atoms with van der Waals surface area (Å²) in [5, 5.41) is 0. The molecule has 0 saturated carbocycles. The van der Waals surface area contributed by atoms with Crippen molar-refractivity contribution in [3.8, 4) is 0 Å². The van der Waals surface area contributed by atoms with Crippen LogP contribution in [0.2, 0.25) is 0 Å². The van der Waals surface area contributed by atoms with E-state index >= 15 is 0 Å². The summed E-state index contributed by atoms with van der Waals surface area (Å²) in [7, 11) is 0. The van der Waals surface area contributed by atoms with Gasteiger partial charge in [-0.2, -0.15) is 11.8 Å². The fourth-order valence-electron chi connectivity index (χ4n) is 2.74. The van der Waals surface area contributed by atoms with Gasteiger partial charge in [-0.05, 0) is 17.7 Å². The topological polar surface area (TPSA) is 6.48 Å². The second kappa shape index (κ2) is 5.59. The Kier molecular flexibility index (Phi) is 3.87. The normalized spacial score (nSPS) is 22.9. The van der Waals surface area contributed by atoms with Crippen LogP contribution in [0, 0.1) is 5.82 Å². The average Bonchev–Trinajstić information content (AvgIpc) is 2.34. The average molecular weight is 266 g/mol. The number of halogens is 1. The van der Waals surface area contributed by atoms with Gasteiger partial charge in [0.05, 0.1) is 0 Å². The van der Waals surface area contributed by atoms with Crippen LogP contribution >= 0.6 is 11.8 Å². The fourth-order valence-corrected chi connectivity index (χ4v) is 3.67. The van der Waals surface area contributed by atoms with Gasteiger partial charge in [0.15, 0.2) is 0 Å². The van der Waals surface area contributed by atoms with Crippen molar-refractivity contribution in [1.29, 1.82) is 0 Å². The minimum atomic E-state index is -0.127. The predicted octanol–water partition coefficient (Wildman–Crippen LogP) is 2.06. The molecule has 2 nitrogen and oxygen atoms in total. The standard InChI is InChI=1S/C14H19FN2S/c15-13-3-1-2-12(8-13)9-16-10-14(11-16)17-4-6-18-7-5-17/h1-3,8,14H,4-7,9-11H2. The molecule has 0 atom stereocenters. The van der Waals surface area contributed by atoms with Crippen LogP contribution in [-0.2, 0) is 6.54 Å². The zero-order valence-corrected chi connectivity index (χ0v) is 11.3. The first-order valence-corrected chi connectivity index (χ1v) is 7.75. The lowest BCUT2D eigenvalue weighted by molar-refractivity contribution is 0.0342. The number of thioether (sulfide) groups is 1. The Balaban J connectivity index is 1.47. The first-order chi connectivity index (χ1) is 8.81. The molecule has 0 amide bonds. The van der Waals surface area contributed by atoms with Gasteiger partial charge >= 0.3 is 0 Å². The highest BCUT2D eigenvalue weighted by Gasteiger charge is 2.32. The molecule has 2 aliphatic rings. The molecule has 1 aromatic carbocycles. The summed E-state index contributed by atoms with van der Waals surface area (Å²) in [6.45, 7) is 5.64. The van der Waals surface area contributed by atoms with Crippen molar-refractivity contribution in [1.82, 2.24) is 9.80 Å². The molecular weight excluding hydrogens is 247 g/mol. The van der Waals surface area contributed by atoms with Crippen molar-refractivity contribution in [2.45, 2.75) is 12.6 Å². The maximum Gasteiger partial charge on any atom is 0.123 e. The molecule has 0 bridgehead atoms. The monoisotopic (exact) mass is 266 g/mol. The number of nitrogens with zero attached hydrogens (tertiary/aromatic N) is 2. The maximum absolute atomic E-state index is 13.1. The first kappa shape index (κ1) is 12.5. The highest BCUT2D eigenvalue weighted by atomic mass is 32.2. The van der Waals surface area contributed by atoms with Crippen molar-refractivity contribution >= 4 is 11.8 Å². The lowest BCUT2D eigenvalue weighted by Gasteiger charge is -2.46. The lowest BCUT2D eigenvalue weighted by Crippen LogP contribution is -2.60. The van der Waals surface area contributed by atoms with Crippen LogP contribution in [0.15, 0.2) is 24.3 Å². The molecule has 3 rings (SSSR count). The third-order valence-electron chi connectivity index (χ3n) is 3.80. The van der Waals surface area contributed by atoms with E-state index in [9.17, 15) is 4.39 Å². The molecule has 18 heavy (non-hydrogen) atoms. The van der Waals surface area contributed by atoms with E-state index < -0.39 is 0 Å². The fraction of sp³-hybridized carbons (Fsp3) is 0.571. The van der Waals surface area contributed by atoms with Crippen LogP contribution in [0.4, 0.5) is 4.39 Å². The second-order valence-electron chi connectivity index (χ2n) is 5.13. The van der Waals surface area contributed by atoms with Gasteiger partial charge in [0, 0.05) is 50.3 Å². The van der Waals surface area contributed by atoms with E-state index in [1.807, 2.05) is 6.07 Å². The van der Waals surface area contributed by atoms with E-state index in [1.54, 1.807) is 12.1 Å². The molecule has 1 aromatic rings. The van der Waals surface area contributed by atoms with Crippen molar-refractivity contribution < 1.29 is 4.39 Å². The molecule has 0 aromatic heterocycles. The highest BCUT2D eigenvalue weighted by Crippen LogP contribution is 2.21. The van der Waals surface area contributed by atoms with Gasteiger partial charge in [0.1, 0.15) is 5.82 Å². The van der Waals surface area contributed by atoms with Crippen LogP contribution in [-0.4, -0.2) is 53.5 Å². The minimum Gasteiger partial charge on any atom is -0.296 e. The van der Waals surface area contributed by atoms with Gasteiger partial charge in [0.2, 0.25) is 0 Å². The third kappa shape index (κ3) is 2.87. The lowest BCUT2D eigenvalue weighted by atomic mass is 10.1. The van der Waals surface area contributed by atoms with Crippen molar-refractivity contribution in [3.05, 3.63) is 35.6 Å². The number of likely N-dealkylation sites (tertiary alicyclic amines) is 1. The summed E-state index contributed by atoms with van der Waals surface area (Å²) < 4.78 is 13.1. The summed E-state index contributed by atoms with van der Waals surface area (Å²) in [5.74, 6) is 2.43. The molecule has 2 heterocycles. The van der Waals surface area contributed by atoms with E-state index in [4.69, 9.17) is 0 Å².